The first-order valence-corrected chi connectivity index (χ1v) is 14.5. The van der Waals surface area contributed by atoms with Crippen molar-refractivity contribution in [1.82, 2.24) is 14.8 Å². The number of amides is 2. The molecule has 3 aliphatic rings. The van der Waals surface area contributed by atoms with Gasteiger partial charge in [-0.1, -0.05) is 19.9 Å². The number of aromatic nitrogens is 1. The van der Waals surface area contributed by atoms with Gasteiger partial charge >= 0.3 is 0 Å². The minimum atomic E-state index is -0.425. The molecule has 3 aliphatic heterocycles. The van der Waals surface area contributed by atoms with Gasteiger partial charge in [0.1, 0.15) is 28.8 Å². The zero-order valence-corrected chi connectivity index (χ0v) is 24.5. The molecule has 0 spiro atoms. The van der Waals surface area contributed by atoms with E-state index in [1.165, 1.54) is 5.56 Å². The van der Waals surface area contributed by atoms with Crippen molar-refractivity contribution in [2.75, 3.05) is 51.8 Å². The molecule has 0 aliphatic carbocycles. The third kappa shape index (κ3) is 6.83. The Morgan fingerprint density at radius 3 is 2.60 bits per heavy atom. The predicted molar refractivity (Wildman–Crippen MR) is 161 cm³/mol. The van der Waals surface area contributed by atoms with Gasteiger partial charge in [0.05, 0.1) is 13.7 Å². The Kier molecular flexibility index (Phi) is 9.24. The van der Waals surface area contributed by atoms with E-state index >= 15 is 0 Å². The number of hydrogen-bond donors (Lipinski definition) is 2. The SMILES string of the molecule is CC1COc2ccc(Oc3ccnc4c3CCC(=O)N4)cc21.CCN1CCN(Cc2ccc(C(N)=O)cc2OC)CC1. The molecule has 4 heterocycles. The van der Waals surface area contributed by atoms with E-state index in [2.05, 4.69) is 33.9 Å². The first kappa shape index (κ1) is 29.3. The van der Waals surface area contributed by atoms with Gasteiger partial charge in [0.2, 0.25) is 11.8 Å². The van der Waals surface area contributed by atoms with E-state index in [1.807, 2.05) is 30.3 Å². The highest BCUT2D eigenvalue weighted by atomic mass is 16.5. The number of carbonyl (C=O) groups excluding carboxylic acids is 2. The zero-order valence-electron chi connectivity index (χ0n) is 24.5. The summed E-state index contributed by atoms with van der Waals surface area (Å²) in [6.45, 7) is 11.4. The molecule has 3 aromatic rings. The molecule has 1 aromatic heterocycles. The fraction of sp³-hybridized carbons (Fsp3) is 0.406. The highest BCUT2D eigenvalue weighted by molar-refractivity contribution is 5.93. The first-order valence-electron chi connectivity index (χ1n) is 14.5. The largest absolute Gasteiger partial charge is 0.496 e. The minimum absolute atomic E-state index is 0.000606. The van der Waals surface area contributed by atoms with E-state index in [1.54, 1.807) is 25.4 Å². The molecule has 0 bridgehead atoms. The Bertz CT molecular complexity index is 1440. The van der Waals surface area contributed by atoms with Gasteiger partial charge in [0.15, 0.2) is 0 Å². The number of primary amides is 1. The topological polar surface area (TPSA) is 119 Å². The first-order chi connectivity index (χ1) is 20.3. The fourth-order valence-electron chi connectivity index (χ4n) is 5.42. The van der Waals surface area contributed by atoms with Crippen LogP contribution in [0, 0.1) is 0 Å². The number of nitrogens with zero attached hydrogens (tertiary/aromatic N) is 3. The van der Waals surface area contributed by atoms with Gasteiger partial charge in [-0.3, -0.25) is 14.5 Å². The number of rotatable bonds is 7. The van der Waals surface area contributed by atoms with Crippen LogP contribution in [0.25, 0.3) is 0 Å². The summed E-state index contributed by atoms with van der Waals surface area (Å²) in [6.07, 6.45) is 2.76. The number of ether oxygens (including phenoxy) is 3. The van der Waals surface area contributed by atoms with Gasteiger partial charge in [-0.15, -0.1) is 0 Å². The predicted octanol–water partition coefficient (Wildman–Crippen LogP) is 4.19. The summed E-state index contributed by atoms with van der Waals surface area (Å²) in [7, 11) is 1.62. The number of carbonyl (C=O) groups is 2. The molecular weight excluding hydrogens is 534 g/mol. The summed E-state index contributed by atoms with van der Waals surface area (Å²) in [5.74, 6) is 3.75. The number of methoxy groups -OCH3 is 1. The molecule has 10 nitrogen and oxygen atoms in total. The lowest BCUT2D eigenvalue weighted by Gasteiger charge is -2.34. The summed E-state index contributed by atoms with van der Waals surface area (Å²) < 4.78 is 17.0. The summed E-state index contributed by atoms with van der Waals surface area (Å²) in [5, 5.41) is 2.78. The molecule has 0 radical (unpaired) electrons. The van der Waals surface area contributed by atoms with Gasteiger partial charge in [-0.25, -0.2) is 4.98 Å². The Morgan fingerprint density at radius 2 is 1.86 bits per heavy atom. The van der Waals surface area contributed by atoms with Crippen LogP contribution in [0.4, 0.5) is 5.82 Å². The van der Waals surface area contributed by atoms with Crippen molar-refractivity contribution >= 4 is 17.6 Å². The van der Waals surface area contributed by atoms with Crippen LogP contribution in [-0.2, 0) is 17.8 Å². The Morgan fingerprint density at radius 1 is 1.07 bits per heavy atom. The van der Waals surface area contributed by atoms with Gasteiger partial charge < -0.3 is 30.2 Å². The van der Waals surface area contributed by atoms with E-state index in [0.29, 0.717) is 30.1 Å². The Balaban J connectivity index is 0.000000169. The second-order valence-corrected chi connectivity index (χ2v) is 10.8. The monoisotopic (exact) mass is 573 g/mol. The van der Waals surface area contributed by atoms with Gasteiger partial charge in [0, 0.05) is 73.5 Å². The third-order valence-corrected chi connectivity index (χ3v) is 7.98. The highest BCUT2D eigenvalue weighted by Gasteiger charge is 2.23. The zero-order chi connectivity index (χ0) is 29.6. The van der Waals surface area contributed by atoms with Gasteiger partial charge in [-0.05, 0) is 49.4 Å². The number of nitrogens with two attached hydrogens (primary N) is 1. The number of likely N-dealkylation sites (N-methyl/N-ethyl adjacent to an activating group) is 1. The third-order valence-electron chi connectivity index (χ3n) is 7.98. The molecule has 0 saturated carbocycles. The summed E-state index contributed by atoms with van der Waals surface area (Å²) in [5.41, 5.74) is 9.00. The number of pyridine rings is 1. The average Bonchev–Trinajstić information content (AvgIpc) is 3.37. The molecule has 1 fully saturated rings. The van der Waals surface area contributed by atoms with Crippen molar-refractivity contribution in [2.24, 2.45) is 5.73 Å². The quantitative estimate of drug-likeness (QED) is 0.432. The second-order valence-electron chi connectivity index (χ2n) is 10.8. The summed E-state index contributed by atoms with van der Waals surface area (Å²) in [4.78, 5) is 31.7. The lowest BCUT2D eigenvalue weighted by Crippen LogP contribution is -2.45. The lowest BCUT2D eigenvalue weighted by atomic mass is 10.0. The van der Waals surface area contributed by atoms with Crippen LogP contribution in [0.1, 0.15) is 53.2 Å². The number of hydrogen-bond acceptors (Lipinski definition) is 8. The van der Waals surface area contributed by atoms with Crippen LogP contribution in [0.15, 0.2) is 48.7 Å². The minimum Gasteiger partial charge on any atom is -0.496 e. The maximum atomic E-state index is 11.5. The maximum absolute atomic E-state index is 11.5. The van der Waals surface area contributed by atoms with Crippen molar-refractivity contribution < 1.29 is 23.8 Å². The van der Waals surface area contributed by atoms with Gasteiger partial charge in [-0.2, -0.15) is 0 Å². The van der Waals surface area contributed by atoms with E-state index in [0.717, 1.165) is 80.0 Å². The highest BCUT2D eigenvalue weighted by Crippen LogP contribution is 2.38. The maximum Gasteiger partial charge on any atom is 0.248 e. The van der Waals surface area contributed by atoms with E-state index in [-0.39, 0.29) is 5.91 Å². The number of anilines is 1. The number of fused-ring (bicyclic) bond motifs is 2. The molecule has 2 aromatic carbocycles. The van der Waals surface area contributed by atoms with Crippen LogP contribution in [0.2, 0.25) is 0 Å². The summed E-state index contributed by atoms with van der Waals surface area (Å²) >= 11 is 0. The van der Waals surface area contributed by atoms with Crippen LogP contribution in [-0.4, -0.2) is 73.0 Å². The summed E-state index contributed by atoms with van der Waals surface area (Å²) in [6, 6.07) is 13.1. The fourth-order valence-corrected chi connectivity index (χ4v) is 5.42. The molecule has 42 heavy (non-hydrogen) atoms. The van der Waals surface area contributed by atoms with Crippen molar-refractivity contribution in [2.45, 2.75) is 39.2 Å². The number of nitrogens with one attached hydrogen (secondary N) is 1. The van der Waals surface area contributed by atoms with E-state index in [4.69, 9.17) is 19.9 Å². The van der Waals surface area contributed by atoms with Crippen molar-refractivity contribution in [3.63, 3.8) is 0 Å². The van der Waals surface area contributed by atoms with Gasteiger partial charge in [0.25, 0.3) is 0 Å². The molecule has 222 valence electrons. The van der Waals surface area contributed by atoms with Crippen LogP contribution in [0.3, 0.4) is 0 Å². The van der Waals surface area contributed by atoms with E-state index in [9.17, 15) is 9.59 Å². The molecule has 10 heteroatoms. The molecule has 6 rings (SSSR count). The number of piperazine rings is 1. The van der Waals surface area contributed by atoms with Crippen LogP contribution in [0.5, 0.6) is 23.0 Å². The Labute approximate surface area is 246 Å². The molecule has 2 amide bonds. The molecule has 1 unspecified atom stereocenters. The normalized spacial score (nSPS) is 18.1. The average molecular weight is 574 g/mol. The molecule has 3 N–H and O–H groups in total. The standard InChI is InChI=1S/C17H16N2O3.C15H23N3O2/c1-10-9-21-14-4-2-11(8-13(10)14)22-15-6-7-18-17-12(15)3-5-16(20)19-17;1-3-17-6-8-18(9-7-17)11-13-5-4-12(15(16)19)10-14(13)20-2/h2,4,6-8,10H,3,5,9H2,1H3,(H,18,19,20);4-5,10H,3,6-9,11H2,1-2H3,(H2,16,19). The lowest BCUT2D eigenvalue weighted by molar-refractivity contribution is -0.116. The second kappa shape index (κ2) is 13.2. The van der Waals surface area contributed by atoms with Crippen LogP contribution >= 0.6 is 0 Å². The van der Waals surface area contributed by atoms with Crippen molar-refractivity contribution in [1.29, 1.82) is 0 Å². The molecule has 1 atom stereocenters. The van der Waals surface area contributed by atoms with E-state index < -0.39 is 5.91 Å². The smallest absolute Gasteiger partial charge is 0.248 e. The number of benzene rings is 2. The van der Waals surface area contributed by atoms with Crippen molar-refractivity contribution in [3.05, 3.63) is 70.9 Å². The molecular formula is C32H39N5O5. The molecule has 1 saturated heterocycles. The Hall–Kier alpha value is -4.15. The van der Waals surface area contributed by atoms with Crippen molar-refractivity contribution in [3.8, 4) is 23.0 Å². The van der Waals surface area contributed by atoms with Crippen LogP contribution < -0.4 is 25.3 Å².